The lowest BCUT2D eigenvalue weighted by Gasteiger charge is -2.11. The summed E-state index contributed by atoms with van der Waals surface area (Å²) in [6.07, 6.45) is 2.33. The Morgan fingerprint density at radius 3 is 3.04 bits per heavy atom. The molecule has 2 N–H and O–H groups in total. The lowest BCUT2D eigenvalue weighted by Crippen LogP contribution is -2.15. The third-order valence-corrected chi connectivity index (χ3v) is 4.67. The molecule has 4 rings (SSSR count). The summed E-state index contributed by atoms with van der Waals surface area (Å²) in [5.41, 5.74) is 4.98. The van der Waals surface area contributed by atoms with E-state index >= 15 is 0 Å². The normalized spacial score (nSPS) is 12.9. The molecular weight excluding hydrogens is 332 g/mol. The Morgan fingerprint density at radius 2 is 2.19 bits per heavy atom. The minimum absolute atomic E-state index is 0.102. The van der Waals surface area contributed by atoms with Crippen LogP contribution in [0, 0.1) is 13.8 Å². The van der Waals surface area contributed by atoms with Crippen LogP contribution in [0.3, 0.4) is 0 Å². The number of aryl methyl sites for hydroxylation is 2. The average molecular weight is 350 g/mol. The van der Waals surface area contributed by atoms with E-state index in [9.17, 15) is 9.59 Å². The molecule has 0 aliphatic carbocycles. The van der Waals surface area contributed by atoms with Crippen LogP contribution in [0.5, 0.6) is 0 Å². The second kappa shape index (κ2) is 6.21. The Balaban J connectivity index is 1.46. The highest BCUT2D eigenvalue weighted by Crippen LogP contribution is 2.21. The fourth-order valence-corrected chi connectivity index (χ4v) is 3.27. The van der Waals surface area contributed by atoms with Gasteiger partial charge in [-0.2, -0.15) is 10.1 Å². The topological polar surface area (TPSA) is 101 Å². The van der Waals surface area contributed by atoms with Gasteiger partial charge in [0.15, 0.2) is 0 Å². The van der Waals surface area contributed by atoms with E-state index in [-0.39, 0.29) is 11.8 Å². The SMILES string of the molecule is Cc1nc2ncnn2c(C)c1CCC(=O)Nc1ccc2c(c1)C(=O)NC2. The standard InChI is InChI=1S/C18H18N6O2/c1-10-14(11(2)24-18(22-10)20-9-21-24)5-6-16(25)23-13-4-3-12-8-19-17(26)15(12)7-13/h3-4,7,9H,5-6,8H2,1-2H3,(H,19,26)(H,23,25). The van der Waals surface area contributed by atoms with Gasteiger partial charge in [0.25, 0.3) is 11.7 Å². The number of carbonyl (C=O) groups excluding carboxylic acids is 2. The predicted molar refractivity (Wildman–Crippen MR) is 94.8 cm³/mol. The van der Waals surface area contributed by atoms with Gasteiger partial charge in [-0.05, 0) is 43.5 Å². The van der Waals surface area contributed by atoms with Crippen molar-refractivity contribution < 1.29 is 9.59 Å². The monoisotopic (exact) mass is 350 g/mol. The maximum Gasteiger partial charge on any atom is 0.252 e. The third kappa shape index (κ3) is 2.79. The second-order valence-electron chi connectivity index (χ2n) is 6.34. The van der Waals surface area contributed by atoms with E-state index in [4.69, 9.17) is 0 Å². The zero-order valence-corrected chi connectivity index (χ0v) is 14.5. The average Bonchev–Trinajstić information content (AvgIpc) is 3.22. The number of anilines is 1. The number of rotatable bonds is 4. The van der Waals surface area contributed by atoms with E-state index < -0.39 is 0 Å². The highest BCUT2D eigenvalue weighted by Gasteiger charge is 2.19. The van der Waals surface area contributed by atoms with Crippen LogP contribution in [0.1, 0.15) is 39.3 Å². The second-order valence-corrected chi connectivity index (χ2v) is 6.34. The van der Waals surface area contributed by atoms with Gasteiger partial charge in [-0.1, -0.05) is 6.07 Å². The van der Waals surface area contributed by atoms with Gasteiger partial charge in [-0.15, -0.1) is 0 Å². The maximum absolute atomic E-state index is 12.3. The molecule has 2 amide bonds. The third-order valence-electron chi connectivity index (χ3n) is 4.67. The molecule has 0 fully saturated rings. The van der Waals surface area contributed by atoms with Crippen LogP contribution in [0.2, 0.25) is 0 Å². The van der Waals surface area contributed by atoms with E-state index in [1.165, 1.54) is 6.33 Å². The van der Waals surface area contributed by atoms with Crippen LogP contribution < -0.4 is 10.6 Å². The highest BCUT2D eigenvalue weighted by atomic mass is 16.2. The minimum atomic E-state index is -0.110. The van der Waals surface area contributed by atoms with E-state index in [1.807, 2.05) is 26.0 Å². The number of hydrogen-bond acceptors (Lipinski definition) is 5. The first kappa shape index (κ1) is 16.2. The number of aromatic nitrogens is 4. The Kier molecular flexibility index (Phi) is 3.87. The van der Waals surface area contributed by atoms with Crippen LogP contribution in [0.15, 0.2) is 24.5 Å². The van der Waals surface area contributed by atoms with Crippen LogP contribution in [0.4, 0.5) is 5.69 Å². The number of amides is 2. The van der Waals surface area contributed by atoms with Crippen molar-refractivity contribution in [2.24, 2.45) is 0 Å². The summed E-state index contributed by atoms with van der Waals surface area (Å²) >= 11 is 0. The van der Waals surface area contributed by atoms with Crippen molar-refractivity contribution in [1.82, 2.24) is 24.9 Å². The van der Waals surface area contributed by atoms with Crippen molar-refractivity contribution in [2.75, 3.05) is 5.32 Å². The maximum atomic E-state index is 12.3. The van der Waals surface area contributed by atoms with Gasteiger partial charge in [-0.3, -0.25) is 9.59 Å². The molecule has 0 spiro atoms. The van der Waals surface area contributed by atoms with Gasteiger partial charge in [0.2, 0.25) is 5.91 Å². The summed E-state index contributed by atoms with van der Waals surface area (Å²) in [6, 6.07) is 5.39. The van der Waals surface area contributed by atoms with Gasteiger partial charge in [-0.25, -0.2) is 9.50 Å². The van der Waals surface area contributed by atoms with E-state index in [2.05, 4.69) is 25.7 Å². The van der Waals surface area contributed by atoms with Crippen molar-refractivity contribution in [1.29, 1.82) is 0 Å². The van der Waals surface area contributed by atoms with Gasteiger partial charge in [0, 0.05) is 35.6 Å². The van der Waals surface area contributed by atoms with Crippen molar-refractivity contribution >= 4 is 23.3 Å². The Hall–Kier alpha value is -3.29. The van der Waals surface area contributed by atoms with Gasteiger partial charge >= 0.3 is 0 Å². The number of benzene rings is 1. The molecule has 8 heteroatoms. The highest BCUT2D eigenvalue weighted by molar-refractivity contribution is 6.00. The summed E-state index contributed by atoms with van der Waals surface area (Å²) in [7, 11) is 0. The molecule has 1 aliphatic rings. The first-order chi connectivity index (χ1) is 12.5. The lowest BCUT2D eigenvalue weighted by molar-refractivity contribution is -0.116. The number of carbonyl (C=O) groups is 2. The number of nitrogens with one attached hydrogen (secondary N) is 2. The quantitative estimate of drug-likeness (QED) is 0.743. The van der Waals surface area contributed by atoms with E-state index in [1.54, 1.807) is 10.6 Å². The fourth-order valence-electron chi connectivity index (χ4n) is 3.27. The molecule has 0 radical (unpaired) electrons. The van der Waals surface area contributed by atoms with Gasteiger partial charge in [0.1, 0.15) is 6.33 Å². The van der Waals surface area contributed by atoms with Crippen molar-refractivity contribution in [2.45, 2.75) is 33.2 Å². The molecule has 132 valence electrons. The van der Waals surface area contributed by atoms with Crippen LogP contribution in [-0.2, 0) is 17.8 Å². The molecule has 0 unspecified atom stereocenters. The molecule has 0 saturated carbocycles. The van der Waals surface area contributed by atoms with E-state index in [0.29, 0.717) is 36.4 Å². The van der Waals surface area contributed by atoms with Crippen molar-refractivity contribution in [3.8, 4) is 0 Å². The molecule has 3 heterocycles. The lowest BCUT2D eigenvalue weighted by atomic mass is 10.1. The summed E-state index contributed by atoms with van der Waals surface area (Å²) in [5, 5.41) is 9.78. The van der Waals surface area contributed by atoms with Crippen LogP contribution in [0.25, 0.3) is 5.78 Å². The first-order valence-electron chi connectivity index (χ1n) is 8.39. The fraction of sp³-hybridized carbons (Fsp3) is 0.278. The van der Waals surface area contributed by atoms with Crippen molar-refractivity contribution in [3.05, 3.63) is 52.6 Å². The molecule has 8 nitrogen and oxygen atoms in total. The predicted octanol–water partition coefficient (Wildman–Crippen LogP) is 1.56. The first-order valence-corrected chi connectivity index (χ1v) is 8.39. The van der Waals surface area contributed by atoms with Crippen molar-refractivity contribution in [3.63, 3.8) is 0 Å². The molecule has 3 aromatic rings. The molecule has 26 heavy (non-hydrogen) atoms. The summed E-state index contributed by atoms with van der Waals surface area (Å²) in [5.74, 6) is 0.347. The zero-order valence-electron chi connectivity index (χ0n) is 14.5. The molecule has 2 aromatic heterocycles. The van der Waals surface area contributed by atoms with Crippen LogP contribution in [-0.4, -0.2) is 31.4 Å². The smallest absolute Gasteiger partial charge is 0.252 e. The van der Waals surface area contributed by atoms with Crippen LogP contribution >= 0.6 is 0 Å². The van der Waals surface area contributed by atoms with Gasteiger partial charge < -0.3 is 10.6 Å². The molecule has 0 saturated heterocycles. The van der Waals surface area contributed by atoms with E-state index in [0.717, 1.165) is 22.5 Å². The number of nitrogens with zero attached hydrogens (tertiary/aromatic N) is 4. The minimum Gasteiger partial charge on any atom is -0.348 e. The molecule has 1 aromatic carbocycles. The molecular formula is C18H18N6O2. The number of hydrogen-bond donors (Lipinski definition) is 2. The Bertz CT molecular complexity index is 1040. The number of fused-ring (bicyclic) bond motifs is 2. The summed E-state index contributed by atoms with van der Waals surface area (Å²) in [4.78, 5) is 32.6. The molecule has 1 aliphatic heterocycles. The largest absolute Gasteiger partial charge is 0.348 e. The Labute approximate surface area is 149 Å². The molecule has 0 atom stereocenters. The Morgan fingerprint density at radius 1 is 1.35 bits per heavy atom. The zero-order chi connectivity index (χ0) is 18.3. The molecule has 0 bridgehead atoms. The van der Waals surface area contributed by atoms with Gasteiger partial charge in [0.05, 0.1) is 0 Å². The summed E-state index contributed by atoms with van der Waals surface area (Å²) < 4.78 is 1.68. The summed E-state index contributed by atoms with van der Waals surface area (Å²) in [6.45, 7) is 4.40.